The second kappa shape index (κ2) is 11.1. The molecule has 37 heavy (non-hydrogen) atoms. The molecule has 4 rings (SSSR count). The second-order valence-electron chi connectivity index (χ2n) is 8.86. The van der Waals surface area contributed by atoms with E-state index < -0.39 is 17.7 Å². The quantitative estimate of drug-likeness (QED) is 0.209. The lowest BCUT2D eigenvalue weighted by Crippen LogP contribution is -2.29. The van der Waals surface area contributed by atoms with Gasteiger partial charge in [0.15, 0.2) is 0 Å². The van der Waals surface area contributed by atoms with Crippen LogP contribution in [0.3, 0.4) is 0 Å². The van der Waals surface area contributed by atoms with Crippen LogP contribution in [0, 0.1) is 0 Å². The van der Waals surface area contributed by atoms with Crippen molar-refractivity contribution in [2.24, 2.45) is 0 Å². The van der Waals surface area contributed by atoms with Crippen molar-refractivity contribution >= 4 is 33.4 Å². The third-order valence-electron chi connectivity index (χ3n) is 6.04. The molecule has 8 heteroatoms. The summed E-state index contributed by atoms with van der Waals surface area (Å²) in [6.07, 6.45) is 0.0000710. The maximum absolute atomic E-state index is 13.3. The van der Waals surface area contributed by atoms with Gasteiger partial charge in [-0.05, 0) is 83.4 Å². The minimum atomic E-state index is -0.795. The first-order valence-electron chi connectivity index (χ1n) is 11.7. The van der Waals surface area contributed by atoms with Crippen LogP contribution in [-0.4, -0.2) is 42.0 Å². The zero-order valence-electron chi connectivity index (χ0n) is 21.0. The summed E-state index contributed by atoms with van der Waals surface area (Å²) in [7, 11) is 3.12. The standard InChI is InChI=1S/C29H28BrNO6/c1-17(2)37-22-12-7-19(8-13-22)26-25(27(32)20-9-14-24(36-4)23(30)15-20)28(33)29(34)31(26)16-18-5-10-21(35-3)11-6-18/h5-15,17,26,32H,16H2,1-4H3/b27-25-. The lowest BCUT2D eigenvalue weighted by atomic mass is 9.95. The molecule has 1 amide bonds. The van der Waals surface area contributed by atoms with Gasteiger partial charge in [0.1, 0.15) is 23.0 Å². The maximum Gasteiger partial charge on any atom is 0.295 e. The number of benzene rings is 3. The Balaban J connectivity index is 1.81. The topological polar surface area (TPSA) is 85.3 Å². The highest BCUT2D eigenvalue weighted by Crippen LogP contribution is 2.41. The Morgan fingerprint density at radius 2 is 1.59 bits per heavy atom. The Hall–Kier alpha value is -3.78. The van der Waals surface area contributed by atoms with E-state index in [-0.39, 0.29) is 24.0 Å². The summed E-state index contributed by atoms with van der Waals surface area (Å²) in [5, 5.41) is 11.3. The zero-order chi connectivity index (χ0) is 26.7. The molecule has 3 aromatic rings. The molecule has 1 aliphatic heterocycles. The van der Waals surface area contributed by atoms with Gasteiger partial charge in [-0.3, -0.25) is 9.59 Å². The van der Waals surface area contributed by atoms with Gasteiger partial charge in [-0.1, -0.05) is 24.3 Å². The van der Waals surface area contributed by atoms with Gasteiger partial charge in [0.05, 0.1) is 36.4 Å². The minimum Gasteiger partial charge on any atom is -0.507 e. The number of aliphatic hydroxyl groups is 1. The summed E-state index contributed by atoms with van der Waals surface area (Å²) >= 11 is 3.42. The van der Waals surface area contributed by atoms with Gasteiger partial charge in [-0.2, -0.15) is 0 Å². The van der Waals surface area contributed by atoms with Crippen molar-refractivity contribution in [3.05, 3.63) is 93.5 Å². The van der Waals surface area contributed by atoms with Crippen LogP contribution in [0.25, 0.3) is 5.76 Å². The van der Waals surface area contributed by atoms with Gasteiger partial charge in [0, 0.05) is 12.1 Å². The Bertz CT molecular complexity index is 1330. The lowest BCUT2D eigenvalue weighted by molar-refractivity contribution is -0.140. The van der Waals surface area contributed by atoms with E-state index in [1.165, 1.54) is 12.0 Å². The summed E-state index contributed by atoms with van der Waals surface area (Å²) in [6, 6.07) is 18.7. The molecule has 0 spiro atoms. The number of aliphatic hydroxyl groups excluding tert-OH is 1. The smallest absolute Gasteiger partial charge is 0.295 e. The number of halogens is 1. The van der Waals surface area contributed by atoms with Crippen molar-refractivity contribution in [2.75, 3.05) is 14.2 Å². The summed E-state index contributed by atoms with van der Waals surface area (Å²) in [4.78, 5) is 28.1. The van der Waals surface area contributed by atoms with E-state index in [1.807, 2.05) is 38.1 Å². The molecule has 0 radical (unpaired) electrons. The van der Waals surface area contributed by atoms with Crippen LogP contribution in [-0.2, 0) is 16.1 Å². The Kier molecular flexibility index (Phi) is 7.88. The van der Waals surface area contributed by atoms with E-state index in [4.69, 9.17) is 14.2 Å². The van der Waals surface area contributed by atoms with Crippen molar-refractivity contribution in [1.82, 2.24) is 4.90 Å². The van der Waals surface area contributed by atoms with Crippen LogP contribution in [0.5, 0.6) is 17.2 Å². The first kappa shape index (κ1) is 26.3. The van der Waals surface area contributed by atoms with Crippen LogP contribution in [0.1, 0.15) is 36.6 Å². The minimum absolute atomic E-state index is 0.0000710. The lowest BCUT2D eigenvalue weighted by Gasteiger charge is -2.26. The largest absolute Gasteiger partial charge is 0.507 e. The van der Waals surface area contributed by atoms with E-state index in [0.717, 1.165) is 5.56 Å². The molecule has 1 heterocycles. The summed E-state index contributed by atoms with van der Waals surface area (Å²) < 4.78 is 16.9. The van der Waals surface area contributed by atoms with E-state index in [1.54, 1.807) is 49.6 Å². The molecular formula is C29H28BrNO6. The third-order valence-corrected chi connectivity index (χ3v) is 6.66. The molecule has 192 valence electrons. The van der Waals surface area contributed by atoms with Gasteiger partial charge in [0.2, 0.25) is 0 Å². The Labute approximate surface area is 224 Å². The SMILES string of the molecule is COc1ccc(CN2C(=O)C(=O)/C(=C(\O)c3ccc(OC)c(Br)c3)C2c2ccc(OC(C)C)cc2)cc1. The fourth-order valence-corrected chi connectivity index (χ4v) is 4.83. The molecule has 3 aromatic carbocycles. The van der Waals surface area contributed by atoms with Gasteiger partial charge in [0.25, 0.3) is 11.7 Å². The maximum atomic E-state index is 13.3. The van der Waals surface area contributed by atoms with Crippen LogP contribution < -0.4 is 14.2 Å². The molecule has 1 unspecified atom stereocenters. The Morgan fingerprint density at radius 3 is 2.16 bits per heavy atom. The van der Waals surface area contributed by atoms with E-state index >= 15 is 0 Å². The van der Waals surface area contributed by atoms with Crippen molar-refractivity contribution in [2.45, 2.75) is 32.5 Å². The van der Waals surface area contributed by atoms with Crippen LogP contribution in [0.4, 0.5) is 0 Å². The number of carbonyl (C=O) groups excluding carboxylic acids is 2. The average molecular weight is 566 g/mol. The fourth-order valence-electron chi connectivity index (χ4n) is 4.29. The number of ether oxygens (including phenoxy) is 3. The fraction of sp³-hybridized carbons (Fsp3) is 0.241. The number of carbonyl (C=O) groups is 2. The molecule has 0 aromatic heterocycles. The first-order chi connectivity index (χ1) is 17.7. The highest BCUT2D eigenvalue weighted by atomic mass is 79.9. The predicted molar refractivity (Wildman–Crippen MR) is 144 cm³/mol. The van der Waals surface area contributed by atoms with Crippen molar-refractivity contribution in [3.8, 4) is 17.2 Å². The average Bonchev–Trinajstić information content (AvgIpc) is 3.13. The Morgan fingerprint density at radius 1 is 0.946 bits per heavy atom. The van der Waals surface area contributed by atoms with Gasteiger partial charge in [-0.15, -0.1) is 0 Å². The number of methoxy groups -OCH3 is 2. The summed E-state index contributed by atoms with van der Waals surface area (Å²) in [5.41, 5.74) is 1.91. The summed E-state index contributed by atoms with van der Waals surface area (Å²) in [6.45, 7) is 4.04. The number of ketones is 1. The molecule has 1 atom stereocenters. The van der Waals surface area contributed by atoms with Crippen LogP contribution in [0.2, 0.25) is 0 Å². The number of likely N-dealkylation sites (tertiary alicyclic amines) is 1. The molecule has 0 aliphatic carbocycles. The molecule has 1 saturated heterocycles. The molecule has 7 nitrogen and oxygen atoms in total. The van der Waals surface area contributed by atoms with Crippen molar-refractivity contribution in [1.29, 1.82) is 0 Å². The molecule has 1 fully saturated rings. The third kappa shape index (κ3) is 5.49. The summed E-state index contributed by atoms with van der Waals surface area (Å²) in [5.74, 6) is 0.251. The predicted octanol–water partition coefficient (Wildman–Crippen LogP) is 5.88. The van der Waals surface area contributed by atoms with Gasteiger partial charge in [-0.25, -0.2) is 0 Å². The normalized spacial score (nSPS) is 16.8. The van der Waals surface area contributed by atoms with Gasteiger partial charge >= 0.3 is 0 Å². The van der Waals surface area contributed by atoms with Crippen LogP contribution >= 0.6 is 15.9 Å². The van der Waals surface area contributed by atoms with Gasteiger partial charge < -0.3 is 24.2 Å². The molecule has 1 N–H and O–H groups in total. The highest BCUT2D eigenvalue weighted by Gasteiger charge is 2.46. The number of rotatable bonds is 8. The monoisotopic (exact) mass is 565 g/mol. The highest BCUT2D eigenvalue weighted by molar-refractivity contribution is 9.10. The molecule has 1 aliphatic rings. The van der Waals surface area contributed by atoms with E-state index in [9.17, 15) is 14.7 Å². The van der Waals surface area contributed by atoms with E-state index in [2.05, 4.69) is 15.9 Å². The second-order valence-corrected chi connectivity index (χ2v) is 9.71. The molecule has 0 bridgehead atoms. The number of nitrogens with zero attached hydrogens (tertiary/aromatic N) is 1. The van der Waals surface area contributed by atoms with Crippen molar-refractivity contribution in [3.63, 3.8) is 0 Å². The van der Waals surface area contributed by atoms with E-state index in [0.29, 0.717) is 32.8 Å². The first-order valence-corrected chi connectivity index (χ1v) is 12.5. The zero-order valence-corrected chi connectivity index (χ0v) is 22.6. The van der Waals surface area contributed by atoms with Crippen LogP contribution in [0.15, 0.2) is 76.8 Å². The number of hydrogen-bond acceptors (Lipinski definition) is 6. The van der Waals surface area contributed by atoms with Crippen molar-refractivity contribution < 1.29 is 28.9 Å². The molecular weight excluding hydrogens is 538 g/mol. The number of Topliss-reactive ketones (excluding diaryl/α,β-unsaturated/α-hetero) is 1. The molecule has 0 saturated carbocycles. The number of hydrogen-bond donors (Lipinski definition) is 1. The number of amides is 1.